The van der Waals surface area contributed by atoms with E-state index < -0.39 is 0 Å². The zero-order chi connectivity index (χ0) is 19.3. The zero-order valence-corrected chi connectivity index (χ0v) is 16.6. The Kier molecular flexibility index (Phi) is 5.84. The maximum atomic E-state index is 12.6. The van der Waals surface area contributed by atoms with Gasteiger partial charge >= 0.3 is 0 Å². The highest BCUT2D eigenvalue weighted by Gasteiger charge is 2.17. The van der Waals surface area contributed by atoms with Gasteiger partial charge in [0.25, 0.3) is 0 Å². The number of benzene rings is 2. The molecule has 1 aliphatic carbocycles. The van der Waals surface area contributed by atoms with Crippen molar-refractivity contribution in [3.8, 4) is 11.5 Å². The summed E-state index contributed by atoms with van der Waals surface area (Å²) >= 11 is 0. The lowest BCUT2D eigenvalue weighted by atomic mass is 9.89. The molecular weight excluding hydrogens is 350 g/mol. The van der Waals surface area contributed by atoms with E-state index in [4.69, 9.17) is 9.47 Å². The summed E-state index contributed by atoms with van der Waals surface area (Å²) < 4.78 is 11.2. The van der Waals surface area contributed by atoms with E-state index in [0.29, 0.717) is 26.1 Å². The lowest BCUT2D eigenvalue weighted by Gasteiger charge is -2.22. The van der Waals surface area contributed by atoms with Crippen LogP contribution in [0.1, 0.15) is 60.9 Å². The lowest BCUT2D eigenvalue weighted by molar-refractivity contribution is -0.121. The van der Waals surface area contributed by atoms with Gasteiger partial charge in [0.2, 0.25) is 5.91 Å². The molecule has 0 radical (unpaired) electrons. The molecule has 2 aromatic carbocycles. The van der Waals surface area contributed by atoms with Gasteiger partial charge in [-0.1, -0.05) is 31.2 Å². The molecular formula is C24H29NO3. The molecule has 0 aromatic heterocycles. The van der Waals surface area contributed by atoms with Crippen LogP contribution in [-0.2, 0) is 24.1 Å². The highest BCUT2D eigenvalue weighted by molar-refractivity contribution is 5.76. The van der Waals surface area contributed by atoms with Gasteiger partial charge in [-0.15, -0.1) is 0 Å². The standard InChI is InChI=1S/C24H29NO3/c1-2-21(20-10-9-18-5-3-4-6-19(18)16-20)25-24(26)12-8-17-7-11-22-23(15-17)28-14-13-27-22/h7,9-11,15-16,21H,2-6,8,12-14H2,1H3,(H,25,26)/t21-/m0/s1. The summed E-state index contributed by atoms with van der Waals surface area (Å²) in [5.74, 6) is 1.67. The second kappa shape index (κ2) is 8.68. The highest BCUT2D eigenvalue weighted by Crippen LogP contribution is 2.31. The molecule has 0 bridgehead atoms. The minimum atomic E-state index is 0.0833. The summed E-state index contributed by atoms with van der Waals surface area (Å²) in [6.07, 6.45) is 6.99. The van der Waals surface area contributed by atoms with Crippen molar-refractivity contribution >= 4 is 5.91 Å². The Morgan fingerprint density at radius 1 is 1.00 bits per heavy atom. The Morgan fingerprint density at radius 2 is 1.79 bits per heavy atom. The molecule has 148 valence electrons. The first kappa shape index (κ1) is 18.9. The number of amides is 1. The third kappa shape index (κ3) is 4.32. The van der Waals surface area contributed by atoms with Crippen LogP contribution in [-0.4, -0.2) is 19.1 Å². The summed E-state index contributed by atoms with van der Waals surface area (Å²) in [4.78, 5) is 12.6. The number of aryl methyl sites for hydroxylation is 3. The molecule has 2 aromatic rings. The van der Waals surface area contributed by atoms with Crippen molar-refractivity contribution in [1.82, 2.24) is 5.32 Å². The summed E-state index contributed by atoms with van der Waals surface area (Å²) in [6.45, 7) is 3.30. The van der Waals surface area contributed by atoms with E-state index in [1.165, 1.54) is 36.0 Å². The van der Waals surface area contributed by atoms with Crippen LogP contribution >= 0.6 is 0 Å². The minimum Gasteiger partial charge on any atom is -0.486 e. The molecule has 0 fully saturated rings. The van der Waals surface area contributed by atoms with Gasteiger partial charge in [-0.05, 0) is 72.9 Å². The van der Waals surface area contributed by atoms with Crippen molar-refractivity contribution in [3.63, 3.8) is 0 Å². The molecule has 4 heteroatoms. The van der Waals surface area contributed by atoms with Gasteiger partial charge in [-0.3, -0.25) is 4.79 Å². The third-order valence-electron chi connectivity index (χ3n) is 5.77. The van der Waals surface area contributed by atoms with Crippen LogP contribution in [0.15, 0.2) is 36.4 Å². The summed E-state index contributed by atoms with van der Waals surface area (Å²) in [5.41, 5.74) is 5.28. The molecule has 0 unspecified atom stereocenters. The topological polar surface area (TPSA) is 47.6 Å². The summed E-state index contributed by atoms with van der Waals surface area (Å²) in [6, 6.07) is 12.8. The van der Waals surface area contributed by atoms with E-state index in [1.807, 2.05) is 18.2 Å². The maximum absolute atomic E-state index is 12.6. The molecule has 0 saturated heterocycles. The zero-order valence-electron chi connectivity index (χ0n) is 16.6. The Morgan fingerprint density at radius 3 is 2.61 bits per heavy atom. The fraction of sp³-hybridized carbons (Fsp3) is 0.458. The van der Waals surface area contributed by atoms with Gasteiger partial charge in [0.15, 0.2) is 11.5 Å². The number of nitrogens with one attached hydrogen (secondary N) is 1. The van der Waals surface area contributed by atoms with Crippen LogP contribution in [0.2, 0.25) is 0 Å². The molecule has 28 heavy (non-hydrogen) atoms. The van der Waals surface area contributed by atoms with Crippen LogP contribution in [0.4, 0.5) is 0 Å². The molecule has 1 atom stereocenters. The van der Waals surface area contributed by atoms with Gasteiger partial charge in [0, 0.05) is 6.42 Å². The SMILES string of the molecule is CC[C@H](NC(=O)CCc1ccc2c(c1)OCCO2)c1ccc2c(c1)CCCC2. The van der Waals surface area contributed by atoms with Crippen LogP contribution in [0.5, 0.6) is 11.5 Å². The van der Waals surface area contributed by atoms with E-state index in [-0.39, 0.29) is 11.9 Å². The van der Waals surface area contributed by atoms with Crippen LogP contribution in [0.3, 0.4) is 0 Å². The molecule has 1 aliphatic heterocycles. The Balaban J connectivity index is 1.35. The number of fused-ring (bicyclic) bond motifs is 2. The molecule has 1 amide bonds. The number of carbonyl (C=O) groups is 1. The Labute approximate surface area is 167 Å². The van der Waals surface area contributed by atoms with Gasteiger partial charge in [0.1, 0.15) is 13.2 Å². The first-order chi connectivity index (χ1) is 13.7. The van der Waals surface area contributed by atoms with E-state index in [1.54, 1.807) is 0 Å². The average molecular weight is 380 g/mol. The van der Waals surface area contributed by atoms with Gasteiger partial charge in [-0.2, -0.15) is 0 Å². The molecule has 0 spiro atoms. The van der Waals surface area contributed by atoms with Crippen LogP contribution < -0.4 is 14.8 Å². The number of rotatable bonds is 6. The van der Waals surface area contributed by atoms with Crippen LogP contribution in [0, 0.1) is 0 Å². The molecule has 4 rings (SSSR count). The third-order valence-corrected chi connectivity index (χ3v) is 5.77. The number of hydrogen-bond acceptors (Lipinski definition) is 3. The molecule has 4 nitrogen and oxygen atoms in total. The number of hydrogen-bond donors (Lipinski definition) is 1. The quantitative estimate of drug-likeness (QED) is 0.802. The molecule has 1 heterocycles. The van der Waals surface area contributed by atoms with Crippen molar-refractivity contribution in [1.29, 1.82) is 0 Å². The normalized spacial score (nSPS) is 16.2. The maximum Gasteiger partial charge on any atom is 0.220 e. The van der Waals surface area contributed by atoms with Gasteiger partial charge in [0.05, 0.1) is 6.04 Å². The Hall–Kier alpha value is -2.49. The molecule has 2 aliphatic rings. The summed E-state index contributed by atoms with van der Waals surface area (Å²) in [7, 11) is 0. The predicted molar refractivity (Wildman–Crippen MR) is 110 cm³/mol. The van der Waals surface area contributed by atoms with E-state index in [2.05, 4.69) is 30.4 Å². The lowest BCUT2D eigenvalue weighted by Crippen LogP contribution is -2.28. The van der Waals surface area contributed by atoms with E-state index in [9.17, 15) is 4.79 Å². The Bertz CT molecular complexity index is 846. The monoisotopic (exact) mass is 379 g/mol. The van der Waals surface area contributed by atoms with Crippen molar-refractivity contribution < 1.29 is 14.3 Å². The second-order valence-corrected chi connectivity index (χ2v) is 7.74. The minimum absolute atomic E-state index is 0.0833. The van der Waals surface area contributed by atoms with Gasteiger partial charge < -0.3 is 14.8 Å². The van der Waals surface area contributed by atoms with Crippen molar-refractivity contribution in [2.24, 2.45) is 0 Å². The second-order valence-electron chi connectivity index (χ2n) is 7.74. The first-order valence-corrected chi connectivity index (χ1v) is 10.5. The summed E-state index contributed by atoms with van der Waals surface area (Å²) in [5, 5.41) is 3.23. The van der Waals surface area contributed by atoms with Crippen molar-refractivity contribution in [2.75, 3.05) is 13.2 Å². The van der Waals surface area contributed by atoms with E-state index >= 15 is 0 Å². The number of ether oxygens (including phenoxy) is 2. The molecule has 1 N–H and O–H groups in total. The van der Waals surface area contributed by atoms with Crippen molar-refractivity contribution in [3.05, 3.63) is 58.7 Å². The van der Waals surface area contributed by atoms with E-state index in [0.717, 1.165) is 29.9 Å². The largest absolute Gasteiger partial charge is 0.486 e. The van der Waals surface area contributed by atoms with Crippen molar-refractivity contribution in [2.45, 2.75) is 57.9 Å². The highest BCUT2D eigenvalue weighted by atomic mass is 16.6. The predicted octanol–water partition coefficient (Wildman–Crippen LogP) is 4.54. The van der Waals surface area contributed by atoms with Crippen LogP contribution in [0.25, 0.3) is 0 Å². The fourth-order valence-electron chi connectivity index (χ4n) is 4.16. The first-order valence-electron chi connectivity index (χ1n) is 10.5. The van der Waals surface area contributed by atoms with Gasteiger partial charge in [-0.25, -0.2) is 0 Å². The average Bonchev–Trinajstić information content (AvgIpc) is 2.75. The molecule has 0 saturated carbocycles. The smallest absolute Gasteiger partial charge is 0.220 e. The number of carbonyl (C=O) groups excluding carboxylic acids is 1. The fourth-order valence-corrected chi connectivity index (χ4v) is 4.16.